The molecule has 1 saturated carbocycles. The highest BCUT2D eigenvalue weighted by molar-refractivity contribution is 6.01. The average Bonchev–Trinajstić information content (AvgIpc) is 3.01. The van der Waals surface area contributed by atoms with E-state index < -0.39 is 17.3 Å². The molecule has 92 valence electrons. The van der Waals surface area contributed by atoms with Crippen LogP contribution in [0.5, 0.6) is 0 Å². The Morgan fingerprint density at radius 3 is 2.56 bits per heavy atom. The Morgan fingerprint density at radius 1 is 1.50 bits per heavy atom. The maximum absolute atomic E-state index is 11.8. The van der Waals surface area contributed by atoms with Crippen LogP contribution in [0.1, 0.15) is 33.1 Å². The first-order chi connectivity index (χ1) is 7.50. The zero-order valence-corrected chi connectivity index (χ0v) is 9.78. The topological polar surface area (TPSA) is 75.6 Å². The third kappa shape index (κ3) is 3.20. The third-order valence-electron chi connectivity index (χ3n) is 2.84. The highest BCUT2D eigenvalue weighted by Gasteiger charge is 2.42. The van der Waals surface area contributed by atoms with Gasteiger partial charge < -0.3 is 15.2 Å². The number of hydrogen-bond donors (Lipinski definition) is 2. The van der Waals surface area contributed by atoms with E-state index in [1.54, 1.807) is 0 Å². The van der Waals surface area contributed by atoms with Crippen molar-refractivity contribution in [3.63, 3.8) is 0 Å². The summed E-state index contributed by atoms with van der Waals surface area (Å²) in [6.07, 6.45) is 2.11. The van der Waals surface area contributed by atoms with E-state index in [0.29, 0.717) is 6.61 Å². The Balaban J connectivity index is 2.54. The lowest BCUT2D eigenvalue weighted by Gasteiger charge is -2.23. The summed E-state index contributed by atoms with van der Waals surface area (Å²) >= 11 is 0. The van der Waals surface area contributed by atoms with Gasteiger partial charge in [-0.3, -0.25) is 9.59 Å². The molecule has 0 aromatic rings. The van der Waals surface area contributed by atoms with Crippen LogP contribution >= 0.6 is 0 Å². The zero-order chi connectivity index (χ0) is 12.2. The molecule has 0 aromatic heterocycles. The SMILES string of the molecule is CCOCCC(C)(C(=O)O)C(=O)NC1CC1. The van der Waals surface area contributed by atoms with E-state index in [0.717, 1.165) is 12.8 Å². The number of carboxylic acids is 1. The van der Waals surface area contributed by atoms with Gasteiger partial charge in [0.2, 0.25) is 5.91 Å². The molecule has 1 atom stereocenters. The predicted molar refractivity (Wildman–Crippen MR) is 58.0 cm³/mol. The van der Waals surface area contributed by atoms with E-state index in [9.17, 15) is 9.59 Å². The number of nitrogens with one attached hydrogen (secondary N) is 1. The van der Waals surface area contributed by atoms with Crippen LogP contribution in [0.2, 0.25) is 0 Å². The van der Waals surface area contributed by atoms with Gasteiger partial charge in [-0.1, -0.05) is 0 Å². The quantitative estimate of drug-likeness (QED) is 0.499. The second-order valence-electron chi connectivity index (χ2n) is 4.33. The van der Waals surface area contributed by atoms with Gasteiger partial charge in [0.1, 0.15) is 5.41 Å². The number of aliphatic carboxylic acids is 1. The largest absolute Gasteiger partial charge is 0.480 e. The Morgan fingerprint density at radius 2 is 2.12 bits per heavy atom. The molecule has 1 aliphatic rings. The normalized spacial score (nSPS) is 18.9. The Kier molecular flexibility index (Phi) is 4.29. The summed E-state index contributed by atoms with van der Waals surface area (Å²) in [6.45, 7) is 4.10. The lowest BCUT2D eigenvalue weighted by molar-refractivity contribution is -0.156. The van der Waals surface area contributed by atoms with E-state index in [1.807, 2.05) is 6.92 Å². The molecule has 2 N–H and O–H groups in total. The number of rotatable bonds is 7. The summed E-state index contributed by atoms with van der Waals surface area (Å²) in [7, 11) is 0. The second kappa shape index (κ2) is 5.30. The summed E-state index contributed by atoms with van der Waals surface area (Å²) in [5, 5.41) is 11.8. The van der Waals surface area contributed by atoms with Gasteiger partial charge in [0.25, 0.3) is 0 Å². The molecule has 1 aliphatic carbocycles. The van der Waals surface area contributed by atoms with Crippen LogP contribution < -0.4 is 5.32 Å². The van der Waals surface area contributed by atoms with E-state index in [4.69, 9.17) is 9.84 Å². The molecule has 0 aliphatic heterocycles. The Hall–Kier alpha value is -1.10. The minimum Gasteiger partial charge on any atom is -0.480 e. The molecule has 1 amide bonds. The van der Waals surface area contributed by atoms with Gasteiger partial charge in [-0.15, -0.1) is 0 Å². The van der Waals surface area contributed by atoms with E-state index in [1.165, 1.54) is 6.92 Å². The van der Waals surface area contributed by atoms with Crippen molar-refractivity contribution in [3.8, 4) is 0 Å². The molecule has 1 fully saturated rings. The number of hydrogen-bond acceptors (Lipinski definition) is 3. The number of amides is 1. The van der Waals surface area contributed by atoms with Gasteiger partial charge in [0.05, 0.1) is 0 Å². The van der Waals surface area contributed by atoms with Crippen LogP contribution in [0.25, 0.3) is 0 Å². The van der Waals surface area contributed by atoms with Crippen molar-refractivity contribution in [2.45, 2.75) is 39.2 Å². The first kappa shape index (κ1) is 13.0. The Bertz CT molecular complexity index is 275. The third-order valence-corrected chi connectivity index (χ3v) is 2.84. The number of carbonyl (C=O) groups is 2. The van der Waals surface area contributed by atoms with Crippen LogP contribution in [0.4, 0.5) is 0 Å². The molecular formula is C11H19NO4. The lowest BCUT2D eigenvalue weighted by Crippen LogP contribution is -2.46. The molecule has 1 rings (SSSR count). The van der Waals surface area contributed by atoms with Crippen molar-refractivity contribution in [2.24, 2.45) is 5.41 Å². The van der Waals surface area contributed by atoms with Gasteiger partial charge >= 0.3 is 5.97 Å². The van der Waals surface area contributed by atoms with Crippen molar-refractivity contribution < 1.29 is 19.4 Å². The molecule has 16 heavy (non-hydrogen) atoms. The summed E-state index contributed by atoms with van der Waals surface area (Å²) in [6, 6.07) is 0.179. The smallest absolute Gasteiger partial charge is 0.319 e. The highest BCUT2D eigenvalue weighted by atomic mass is 16.5. The van der Waals surface area contributed by atoms with Crippen LogP contribution in [-0.4, -0.2) is 36.2 Å². The minimum atomic E-state index is -1.38. The van der Waals surface area contributed by atoms with E-state index >= 15 is 0 Å². The van der Waals surface area contributed by atoms with Gasteiger partial charge in [0.15, 0.2) is 0 Å². The number of carbonyl (C=O) groups excluding carboxylic acids is 1. The summed E-state index contributed by atoms with van der Waals surface area (Å²) in [4.78, 5) is 22.9. The zero-order valence-electron chi connectivity index (χ0n) is 9.78. The Labute approximate surface area is 95.2 Å². The van der Waals surface area contributed by atoms with Crippen LogP contribution in [0, 0.1) is 5.41 Å². The number of ether oxygens (including phenoxy) is 1. The average molecular weight is 229 g/mol. The monoisotopic (exact) mass is 229 g/mol. The van der Waals surface area contributed by atoms with Crippen LogP contribution in [0.3, 0.4) is 0 Å². The molecule has 0 bridgehead atoms. The fourth-order valence-electron chi connectivity index (χ4n) is 1.31. The van der Waals surface area contributed by atoms with Gasteiger partial charge in [-0.25, -0.2) is 0 Å². The fraction of sp³-hybridized carbons (Fsp3) is 0.818. The molecule has 0 aromatic carbocycles. The molecular weight excluding hydrogens is 210 g/mol. The first-order valence-corrected chi connectivity index (χ1v) is 5.63. The lowest BCUT2D eigenvalue weighted by atomic mass is 9.86. The van der Waals surface area contributed by atoms with Crippen LogP contribution in [0.15, 0.2) is 0 Å². The fourth-order valence-corrected chi connectivity index (χ4v) is 1.31. The molecule has 5 nitrogen and oxygen atoms in total. The van der Waals surface area contributed by atoms with E-state index in [2.05, 4.69) is 5.32 Å². The molecule has 0 heterocycles. The predicted octanol–water partition coefficient (Wildman–Crippen LogP) is 0.782. The first-order valence-electron chi connectivity index (χ1n) is 5.63. The molecule has 5 heteroatoms. The van der Waals surface area contributed by atoms with Gasteiger partial charge in [-0.05, 0) is 33.1 Å². The molecule has 0 radical (unpaired) electrons. The maximum atomic E-state index is 11.8. The van der Waals surface area contributed by atoms with Gasteiger partial charge in [-0.2, -0.15) is 0 Å². The summed E-state index contributed by atoms with van der Waals surface area (Å²) in [5.41, 5.74) is -1.38. The molecule has 0 saturated heterocycles. The summed E-state index contributed by atoms with van der Waals surface area (Å²) in [5.74, 6) is -1.49. The van der Waals surface area contributed by atoms with Crippen molar-refractivity contribution in [1.29, 1.82) is 0 Å². The van der Waals surface area contributed by atoms with Crippen LogP contribution in [-0.2, 0) is 14.3 Å². The van der Waals surface area contributed by atoms with Gasteiger partial charge in [0, 0.05) is 19.3 Å². The van der Waals surface area contributed by atoms with Crippen molar-refractivity contribution in [3.05, 3.63) is 0 Å². The van der Waals surface area contributed by atoms with E-state index in [-0.39, 0.29) is 19.1 Å². The van der Waals surface area contributed by atoms with Crippen molar-refractivity contribution in [2.75, 3.05) is 13.2 Å². The second-order valence-corrected chi connectivity index (χ2v) is 4.33. The maximum Gasteiger partial charge on any atom is 0.319 e. The standard InChI is InChI=1S/C11H19NO4/c1-3-16-7-6-11(2,10(14)15)9(13)12-8-4-5-8/h8H,3-7H2,1-2H3,(H,12,13)(H,14,15). The van der Waals surface area contributed by atoms with Crippen molar-refractivity contribution in [1.82, 2.24) is 5.32 Å². The number of carboxylic acid groups (broad SMARTS) is 1. The van der Waals surface area contributed by atoms with Crippen molar-refractivity contribution >= 4 is 11.9 Å². The molecule has 0 spiro atoms. The summed E-state index contributed by atoms with van der Waals surface area (Å²) < 4.78 is 5.11. The minimum absolute atomic E-state index is 0.179. The molecule has 1 unspecified atom stereocenters. The highest BCUT2D eigenvalue weighted by Crippen LogP contribution is 2.26.